The Morgan fingerprint density at radius 2 is 1.78 bits per heavy atom. The molecule has 1 N–H and O–H groups in total. The Labute approximate surface area is 183 Å². The molecule has 5 rings (SSSR count). The van der Waals surface area contributed by atoms with Crippen molar-refractivity contribution in [3.05, 3.63) is 83.9 Å². The number of nitriles is 1. The first-order valence-corrected chi connectivity index (χ1v) is 9.94. The maximum atomic E-state index is 9.68. The summed E-state index contributed by atoms with van der Waals surface area (Å²) < 4.78 is 12.9. The van der Waals surface area contributed by atoms with Gasteiger partial charge in [-0.25, -0.2) is 4.52 Å². The Hall–Kier alpha value is -4.64. The van der Waals surface area contributed by atoms with Crippen molar-refractivity contribution >= 4 is 16.9 Å². The molecule has 0 saturated heterocycles. The minimum absolute atomic E-state index is 0.414. The molecular formula is C24H18N6O2. The maximum absolute atomic E-state index is 9.68. The zero-order valence-electron chi connectivity index (χ0n) is 17.4. The zero-order valence-corrected chi connectivity index (χ0v) is 17.4. The third-order valence-electron chi connectivity index (χ3n) is 5.04. The lowest BCUT2D eigenvalue weighted by molar-refractivity contribution is 0.425. The molecule has 0 unspecified atom stereocenters. The van der Waals surface area contributed by atoms with Gasteiger partial charge in [-0.15, -0.1) is 0 Å². The van der Waals surface area contributed by atoms with Crippen LogP contribution >= 0.6 is 0 Å². The largest absolute Gasteiger partial charge is 0.457 e. The number of ether oxygens (including phenoxy) is 1. The molecule has 0 spiro atoms. The van der Waals surface area contributed by atoms with Crippen LogP contribution in [0.25, 0.3) is 17.0 Å². The Morgan fingerprint density at radius 3 is 2.47 bits per heavy atom. The summed E-state index contributed by atoms with van der Waals surface area (Å²) in [7, 11) is 0. The summed E-state index contributed by atoms with van der Waals surface area (Å²) in [6, 6.07) is 19.4. The summed E-state index contributed by atoms with van der Waals surface area (Å²) in [5.74, 6) is 2.45. The number of nitrogens with zero attached hydrogens (tertiary/aromatic N) is 5. The SMILES string of the molecule is Cc1noc(-c2cn3ncc(C#N)c(Nc4ccc(Oc5ccccc5)cc4)c3c2C)n1. The van der Waals surface area contributed by atoms with Crippen molar-refractivity contribution in [2.45, 2.75) is 13.8 Å². The second-order valence-corrected chi connectivity index (χ2v) is 7.22. The first-order chi connectivity index (χ1) is 15.6. The van der Waals surface area contributed by atoms with Crippen LogP contribution in [-0.2, 0) is 0 Å². The van der Waals surface area contributed by atoms with Gasteiger partial charge in [-0.2, -0.15) is 15.3 Å². The summed E-state index contributed by atoms with van der Waals surface area (Å²) in [4.78, 5) is 4.32. The molecule has 156 valence electrons. The molecule has 0 atom stereocenters. The van der Waals surface area contributed by atoms with E-state index in [9.17, 15) is 5.26 Å². The molecule has 0 aliphatic rings. The molecule has 8 nitrogen and oxygen atoms in total. The standard InChI is InChI=1S/C24H18N6O2/c1-15-21(24-27-16(2)29-32-24)14-30-23(15)22(17(12-25)13-26-30)28-18-8-10-20(11-9-18)31-19-6-4-3-5-7-19/h3-11,13-14,28H,1-2H3. The van der Waals surface area contributed by atoms with E-state index in [4.69, 9.17) is 9.26 Å². The van der Waals surface area contributed by atoms with Crippen molar-refractivity contribution in [3.8, 4) is 29.0 Å². The number of aryl methyl sites for hydroxylation is 2. The van der Waals surface area contributed by atoms with Gasteiger partial charge < -0.3 is 14.6 Å². The van der Waals surface area contributed by atoms with Crippen LogP contribution in [0.1, 0.15) is 17.0 Å². The molecule has 2 aromatic carbocycles. The monoisotopic (exact) mass is 422 g/mol. The molecule has 0 bridgehead atoms. The molecule has 32 heavy (non-hydrogen) atoms. The van der Waals surface area contributed by atoms with E-state index in [1.807, 2.05) is 67.7 Å². The van der Waals surface area contributed by atoms with Crippen molar-refractivity contribution in [2.24, 2.45) is 0 Å². The van der Waals surface area contributed by atoms with Gasteiger partial charge in [-0.05, 0) is 55.8 Å². The maximum Gasteiger partial charge on any atom is 0.259 e. The number of hydrogen-bond acceptors (Lipinski definition) is 7. The quantitative estimate of drug-likeness (QED) is 0.404. The number of hydrogen-bond donors (Lipinski definition) is 1. The Morgan fingerprint density at radius 1 is 1.03 bits per heavy atom. The molecule has 3 aromatic heterocycles. The lowest BCUT2D eigenvalue weighted by Crippen LogP contribution is -2.00. The molecule has 0 aliphatic carbocycles. The lowest BCUT2D eigenvalue weighted by Gasteiger charge is -2.12. The summed E-state index contributed by atoms with van der Waals surface area (Å²) in [6.45, 7) is 3.71. The van der Waals surface area contributed by atoms with Gasteiger partial charge >= 0.3 is 0 Å². The highest BCUT2D eigenvalue weighted by Crippen LogP contribution is 2.34. The second kappa shape index (κ2) is 7.89. The Bertz CT molecular complexity index is 1450. The van der Waals surface area contributed by atoms with Gasteiger partial charge in [0.05, 0.1) is 28.5 Å². The topological polar surface area (TPSA) is 101 Å². The number of benzene rings is 2. The molecule has 0 radical (unpaired) electrons. The number of fused-ring (bicyclic) bond motifs is 1. The van der Waals surface area contributed by atoms with E-state index in [2.05, 4.69) is 26.6 Å². The first kappa shape index (κ1) is 19.3. The van der Waals surface area contributed by atoms with E-state index >= 15 is 0 Å². The van der Waals surface area contributed by atoms with Crippen molar-refractivity contribution in [3.63, 3.8) is 0 Å². The average Bonchev–Trinajstić information content (AvgIpc) is 3.39. The zero-order chi connectivity index (χ0) is 22.1. The predicted octanol–water partition coefficient (Wildman–Crippen LogP) is 5.41. The number of nitrogens with one attached hydrogen (secondary N) is 1. The number of anilines is 2. The van der Waals surface area contributed by atoms with Crippen molar-refractivity contribution in [1.82, 2.24) is 19.8 Å². The van der Waals surface area contributed by atoms with E-state index in [1.54, 1.807) is 11.4 Å². The molecule has 3 heterocycles. The van der Waals surface area contributed by atoms with Gasteiger partial charge in [0.15, 0.2) is 5.82 Å². The van der Waals surface area contributed by atoms with Gasteiger partial charge in [-0.1, -0.05) is 23.4 Å². The smallest absolute Gasteiger partial charge is 0.259 e. The van der Waals surface area contributed by atoms with Gasteiger partial charge in [0.2, 0.25) is 0 Å². The van der Waals surface area contributed by atoms with Crippen LogP contribution in [-0.4, -0.2) is 19.8 Å². The highest BCUT2D eigenvalue weighted by atomic mass is 16.5. The van der Waals surface area contributed by atoms with Gasteiger partial charge in [0.1, 0.15) is 17.6 Å². The third kappa shape index (κ3) is 3.52. The van der Waals surface area contributed by atoms with Crippen LogP contribution in [0.15, 0.2) is 71.5 Å². The van der Waals surface area contributed by atoms with Crippen LogP contribution in [0.2, 0.25) is 0 Å². The van der Waals surface area contributed by atoms with E-state index in [0.717, 1.165) is 33.8 Å². The minimum Gasteiger partial charge on any atom is -0.457 e. The lowest BCUT2D eigenvalue weighted by atomic mass is 10.1. The van der Waals surface area contributed by atoms with Crippen LogP contribution in [0, 0.1) is 25.2 Å². The molecule has 0 aliphatic heterocycles. The molecule has 8 heteroatoms. The van der Waals surface area contributed by atoms with Crippen molar-refractivity contribution in [2.75, 3.05) is 5.32 Å². The highest BCUT2D eigenvalue weighted by Gasteiger charge is 2.19. The summed E-state index contributed by atoms with van der Waals surface area (Å²) >= 11 is 0. The molecule has 0 fully saturated rings. The molecule has 0 saturated carbocycles. The van der Waals surface area contributed by atoms with Gasteiger partial charge in [0.25, 0.3) is 5.89 Å². The fourth-order valence-corrected chi connectivity index (χ4v) is 3.50. The Kier molecular flexibility index (Phi) is 4.76. The first-order valence-electron chi connectivity index (χ1n) is 9.94. The fraction of sp³-hybridized carbons (Fsp3) is 0.0833. The molecule has 5 aromatic rings. The predicted molar refractivity (Wildman–Crippen MR) is 119 cm³/mol. The van der Waals surface area contributed by atoms with Gasteiger partial charge in [0, 0.05) is 11.9 Å². The van der Waals surface area contributed by atoms with E-state index in [-0.39, 0.29) is 0 Å². The van der Waals surface area contributed by atoms with Crippen molar-refractivity contribution < 1.29 is 9.26 Å². The fourth-order valence-electron chi connectivity index (χ4n) is 3.50. The highest BCUT2D eigenvalue weighted by molar-refractivity contribution is 5.88. The Balaban J connectivity index is 1.50. The molecular weight excluding hydrogens is 404 g/mol. The molecule has 0 amide bonds. The number of para-hydroxylation sites is 1. The van der Waals surface area contributed by atoms with E-state index < -0.39 is 0 Å². The number of aromatic nitrogens is 4. The van der Waals surface area contributed by atoms with Crippen molar-refractivity contribution in [1.29, 1.82) is 5.26 Å². The minimum atomic E-state index is 0.414. The van der Waals surface area contributed by atoms with Crippen LogP contribution in [0.3, 0.4) is 0 Å². The summed E-state index contributed by atoms with van der Waals surface area (Å²) in [5, 5.41) is 21.3. The number of rotatable bonds is 5. The average molecular weight is 422 g/mol. The summed E-state index contributed by atoms with van der Waals surface area (Å²) in [5.41, 5.74) is 4.30. The normalized spacial score (nSPS) is 10.8. The van der Waals surface area contributed by atoms with E-state index in [1.165, 1.54) is 6.20 Å². The van der Waals surface area contributed by atoms with Crippen LogP contribution in [0.5, 0.6) is 11.5 Å². The van der Waals surface area contributed by atoms with Crippen LogP contribution < -0.4 is 10.1 Å². The summed E-state index contributed by atoms with van der Waals surface area (Å²) in [6.07, 6.45) is 3.35. The van der Waals surface area contributed by atoms with Crippen LogP contribution in [0.4, 0.5) is 11.4 Å². The van der Waals surface area contributed by atoms with Gasteiger partial charge in [-0.3, -0.25) is 0 Å². The van der Waals surface area contributed by atoms with E-state index in [0.29, 0.717) is 23.0 Å². The third-order valence-corrected chi connectivity index (χ3v) is 5.04. The second-order valence-electron chi connectivity index (χ2n) is 7.22.